The SMILES string of the molecule is CCCC(NCc1ccc(Cl)cc1-c1nc2ccccc2o1)Oc1c(C(=O)OC(C)(C)C)ccc2ccccc12. The quantitative estimate of drug-likeness (QED) is 0.145. The largest absolute Gasteiger partial charge is 0.474 e. The van der Waals surface area contributed by atoms with E-state index in [4.69, 9.17) is 25.5 Å². The molecule has 40 heavy (non-hydrogen) atoms. The summed E-state index contributed by atoms with van der Waals surface area (Å²) in [5, 5.41) is 5.97. The molecule has 0 amide bonds. The first kappa shape index (κ1) is 27.7. The van der Waals surface area contributed by atoms with Crippen molar-refractivity contribution in [2.24, 2.45) is 0 Å². The molecule has 1 N–H and O–H groups in total. The van der Waals surface area contributed by atoms with Crippen LogP contribution < -0.4 is 10.1 Å². The van der Waals surface area contributed by atoms with Crippen molar-refractivity contribution >= 4 is 39.4 Å². The van der Waals surface area contributed by atoms with Crippen LogP contribution in [0.1, 0.15) is 56.5 Å². The van der Waals surface area contributed by atoms with Crippen LogP contribution >= 0.6 is 11.6 Å². The molecule has 0 aliphatic rings. The third-order valence-electron chi connectivity index (χ3n) is 6.43. The van der Waals surface area contributed by atoms with Crippen LogP contribution in [-0.2, 0) is 11.3 Å². The summed E-state index contributed by atoms with van der Waals surface area (Å²) in [6.45, 7) is 8.14. The van der Waals surface area contributed by atoms with Crippen LogP contribution in [0, 0.1) is 0 Å². The molecule has 5 rings (SSSR count). The van der Waals surface area contributed by atoms with Crippen molar-refractivity contribution in [1.82, 2.24) is 10.3 Å². The van der Waals surface area contributed by atoms with E-state index in [-0.39, 0.29) is 6.23 Å². The monoisotopic (exact) mass is 556 g/mol. The highest BCUT2D eigenvalue weighted by Crippen LogP contribution is 2.33. The van der Waals surface area contributed by atoms with E-state index in [1.165, 1.54) is 0 Å². The van der Waals surface area contributed by atoms with Crippen LogP contribution in [0.15, 0.2) is 83.3 Å². The number of esters is 1. The Morgan fingerprint density at radius 1 is 1.02 bits per heavy atom. The summed E-state index contributed by atoms with van der Waals surface area (Å²) in [7, 11) is 0. The van der Waals surface area contributed by atoms with Crippen LogP contribution in [0.2, 0.25) is 5.02 Å². The van der Waals surface area contributed by atoms with Crippen LogP contribution in [0.25, 0.3) is 33.3 Å². The maximum atomic E-state index is 13.2. The third kappa shape index (κ3) is 6.30. The standard InChI is InChI=1S/C33H33ClN2O4/c1-5-10-29(39-30-24-12-7-6-11-21(24)16-18-25(30)32(37)40-33(2,3)4)35-20-22-15-17-23(34)19-26(22)31-36-27-13-8-9-14-28(27)38-31/h6-9,11-19,29,35H,5,10,20H2,1-4H3. The van der Waals surface area contributed by atoms with Gasteiger partial charge in [-0.1, -0.05) is 73.5 Å². The molecular weight excluding hydrogens is 524 g/mol. The smallest absolute Gasteiger partial charge is 0.342 e. The summed E-state index contributed by atoms with van der Waals surface area (Å²) >= 11 is 6.38. The number of carbonyl (C=O) groups excluding carboxylic acids is 1. The second kappa shape index (κ2) is 11.7. The third-order valence-corrected chi connectivity index (χ3v) is 6.66. The van der Waals surface area contributed by atoms with Crippen LogP contribution in [-0.4, -0.2) is 22.8 Å². The molecule has 206 valence electrons. The Balaban J connectivity index is 1.45. The fourth-order valence-corrected chi connectivity index (χ4v) is 4.76. The van der Waals surface area contributed by atoms with Gasteiger partial charge in [0.25, 0.3) is 0 Å². The van der Waals surface area contributed by atoms with E-state index in [1.54, 1.807) is 6.07 Å². The average Bonchev–Trinajstić information content (AvgIpc) is 3.36. The lowest BCUT2D eigenvalue weighted by Crippen LogP contribution is -2.35. The Hall–Kier alpha value is -3.87. The number of para-hydroxylation sites is 2. The maximum Gasteiger partial charge on any atom is 0.342 e. The first-order valence-electron chi connectivity index (χ1n) is 13.5. The molecule has 0 aliphatic heterocycles. The van der Waals surface area contributed by atoms with Gasteiger partial charge in [0.1, 0.15) is 22.4 Å². The molecule has 5 aromatic rings. The van der Waals surface area contributed by atoms with E-state index in [9.17, 15) is 4.79 Å². The van der Waals surface area contributed by atoms with Gasteiger partial charge in [0.05, 0.1) is 0 Å². The van der Waals surface area contributed by atoms with Gasteiger partial charge in [-0.2, -0.15) is 0 Å². The van der Waals surface area contributed by atoms with E-state index in [2.05, 4.69) is 17.2 Å². The van der Waals surface area contributed by atoms with Crippen molar-refractivity contribution in [3.63, 3.8) is 0 Å². The predicted octanol–water partition coefficient (Wildman–Crippen LogP) is 8.55. The summed E-state index contributed by atoms with van der Waals surface area (Å²) in [5.41, 5.74) is 3.05. The summed E-state index contributed by atoms with van der Waals surface area (Å²) in [6.07, 6.45) is 1.23. The summed E-state index contributed by atoms with van der Waals surface area (Å²) in [6, 6.07) is 24.9. The van der Waals surface area contributed by atoms with Crippen molar-refractivity contribution < 1.29 is 18.7 Å². The van der Waals surface area contributed by atoms with Gasteiger partial charge in [0.15, 0.2) is 11.8 Å². The van der Waals surface area contributed by atoms with Crippen LogP contribution in [0.3, 0.4) is 0 Å². The van der Waals surface area contributed by atoms with Crippen molar-refractivity contribution in [1.29, 1.82) is 0 Å². The van der Waals surface area contributed by atoms with Gasteiger partial charge >= 0.3 is 5.97 Å². The number of nitrogens with zero attached hydrogens (tertiary/aromatic N) is 1. The normalized spacial score (nSPS) is 12.5. The van der Waals surface area contributed by atoms with Gasteiger partial charge < -0.3 is 13.9 Å². The highest BCUT2D eigenvalue weighted by Gasteiger charge is 2.24. The molecule has 0 spiro atoms. The summed E-state index contributed by atoms with van der Waals surface area (Å²) in [5.74, 6) is 0.600. The molecule has 0 aliphatic carbocycles. The molecule has 0 fully saturated rings. The predicted molar refractivity (Wildman–Crippen MR) is 160 cm³/mol. The van der Waals surface area contributed by atoms with E-state index in [0.717, 1.165) is 40.3 Å². The molecule has 0 radical (unpaired) electrons. The number of fused-ring (bicyclic) bond motifs is 2. The van der Waals surface area contributed by atoms with Crippen molar-refractivity contribution in [2.75, 3.05) is 0 Å². The highest BCUT2D eigenvalue weighted by molar-refractivity contribution is 6.30. The van der Waals surface area contributed by atoms with E-state index in [0.29, 0.717) is 34.4 Å². The lowest BCUT2D eigenvalue weighted by atomic mass is 10.0. The number of aromatic nitrogens is 1. The van der Waals surface area contributed by atoms with Crippen molar-refractivity contribution in [3.05, 3.63) is 95.0 Å². The lowest BCUT2D eigenvalue weighted by molar-refractivity contribution is 0.00632. The van der Waals surface area contributed by atoms with Gasteiger partial charge in [-0.25, -0.2) is 9.78 Å². The lowest BCUT2D eigenvalue weighted by Gasteiger charge is -2.25. The van der Waals surface area contributed by atoms with Crippen LogP contribution in [0.5, 0.6) is 5.75 Å². The fraction of sp³-hybridized carbons (Fsp3) is 0.273. The topological polar surface area (TPSA) is 73.6 Å². The molecule has 1 heterocycles. The second-order valence-electron chi connectivity index (χ2n) is 10.7. The number of benzene rings is 4. The van der Waals surface area contributed by atoms with E-state index < -0.39 is 11.6 Å². The molecule has 0 bridgehead atoms. The molecular formula is C33H33ClN2O4. The molecule has 0 saturated carbocycles. The van der Waals surface area contributed by atoms with Gasteiger partial charge in [-0.15, -0.1) is 0 Å². The number of carbonyl (C=O) groups is 1. The zero-order valence-corrected chi connectivity index (χ0v) is 23.9. The molecule has 1 aromatic heterocycles. The minimum Gasteiger partial charge on any atom is -0.474 e. The number of hydrogen-bond donors (Lipinski definition) is 1. The molecule has 4 aromatic carbocycles. The molecule has 1 atom stereocenters. The Bertz CT molecular complexity index is 1620. The second-order valence-corrected chi connectivity index (χ2v) is 11.2. The number of rotatable bonds is 9. The maximum absolute atomic E-state index is 13.2. The Kier molecular flexibility index (Phi) is 8.10. The number of ether oxygens (including phenoxy) is 2. The highest BCUT2D eigenvalue weighted by atomic mass is 35.5. The Labute approximate surface area is 239 Å². The summed E-state index contributed by atoms with van der Waals surface area (Å²) < 4.78 is 18.4. The Morgan fingerprint density at radius 2 is 1.80 bits per heavy atom. The first-order valence-corrected chi connectivity index (χ1v) is 13.9. The minimum absolute atomic E-state index is 0.371. The minimum atomic E-state index is -0.628. The van der Waals surface area contributed by atoms with Crippen LogP contribution in [0.4, 0.5) is 0 Å². The number of nitrogens with one attached hydrogen (secondary N) is 1. The van der Waals surface area contributed by atoms with Gasteiger partial charge in [0, 0.05) is 22.5 Å². The summed E-state index contributed by atoms with van der Waals surface area (Å²) in [4.78, 5) is 17.9. The van der Waals surface area contributed by atoms with Gasteiger partial charge in [-0.3, -0.25) is 5.32 Å². The molecule has 0 saturated heterocycles. The zero-order valence-electron chi connectivity index (χ0n) is 23.2. The van der Waals surface area contributed by atoms with Gasteiger partial charge in [0.2, 0.25) is 5.89 Å². The zero-order chi connectivity index (χ0) is 28.3. The first-order chi connectivity index (χ1) is 19.2. The number of halogens is 1. The van der Waals surface area contributed by atoms with Crippen molar-refractivity contribution in [3.8, 4) is 17.2 Å². The average molecular weight is 557 g/mol. The molecule has 1 unspecified atom stereocenters. The van der Waals surface area contributed by atoms with E-state index >= 15 is 0 Å². The Morgan fingerprint density at radius 3 is 2.58 bits per heavy atom. The van der Waals surface area contributed by atoms with E-state index in [1.807, 2.05) is 93.6 Å². The fourth-order valence-electron chi connectivity index (χ4n) is 4.58. The van der Waals surface area contributed by atoms with Gasteiger partial charge in [-0.05, 0) is 68.5 Å². The molecule has 6 nitrogen and oxygen atoms in total. The van der Waals surface area contributed by atoms with Crippen molar-refractivity contribution in [2.45, 2.75) is 58.9 Å². The number of oxazole rings is 1. The number of hydrogen-bond acceptors (Lipinski definition) is 6. The molecule has 7 heteroatoms.